The first kappa shape index (κ1) is 19.9. The van der Waals surface area contributed by atoms with Gasteiger partial charge in [0.25, 0.3) is 11.8 Å². The first-order valence-corrected chi connectivity index (χ1v) is 9.61. The first-order chi connectivity index (χ1) is 13.6. The quantitative estimate of drug-likeness (QED) is 0.513. The minimum atomic E-state index is -0.348. The molecule has 0 radical (unpaired) electrons. The largest absolute Gasteiger partial charge is 0.493 e. The average molecular weight is 402 g/mol. The van der Waals surface area contributed by atoms with Gasteiger partial charge in [-0.15, -0.1) is 11.3 Å². The van der Waals surface area contributed by atoms with E-state index in [1.54, 1.807) is 39.5 Å². The van der Waals surface area contributed by atoms with E-state index in [1.165, 1.54) is 16.2 Å². The van der Waals surface area contributed by atoms with Crippen LogP contribution >= 0.6 is 11.3 Å². The molecule has 1 aliphatic heterocycles. The van der Waals surface area contributed by atoms with Gasteiger partial charge < -0.3 is 19.5 Å². The summed E-state index contributed by atoms with van der Waals surface area (Å²) in [5.74, 6) is 0.459. The highest BCUT2D eigenvalue weighted by molar-refractivity contribution is 7.11. The van der Waals surface area contributed by atoms with Crippen LogP contribution < -0.4 is 14.8 Å². The van der Waals surface area contributed by atoms with Crippen LogP contribution in [-0.2, 0) is 14.3 Å². The van der Waals surface area contributed by atoms with Crippen molar-refractivity contribution < 1.29 is 23.8 Å². The number of nitrogens with one attached hydrogen (secondary N) is 1. The van der Waals surface area contributed by atoms with Crippen LogP contribution in [0.25, 0.3) is 5.57 Å². The minimum Gasteiger partial charge on any atom is -0.493 e. The Labute approximate surface area is 167 Å². The van der Waals surface area contributed by atoms with Gasteiger partial charge in [0.2, 0.25) is 0 Å². The Hall–Kier alpha value is -2.84. The van der Waals surface area contributed by atoms with Gasteiger partial charge in [-0.2, -0.15) is 0 Å². The second-order valence-electron chi connectivity index (χ2n) is 6.03. The van der Waals surface area contributed by atoms with Crippen molar-refractivity contribution in [1.82, 2.24) is 4.90 Å². The molecule has 0 unspecified atom stereocenters. The highest BCUT2D eigenvalue weighted by Gasteiger charge is 2.39. The monoisotopic (exact) mass is 402 g/mol. The highest BCUT2D eigenvalue weighted by Crippen LogP contribution is 2.35. The molecule has 2 aromatic rings. The third kappa shape index (κ3) is 3.88. The third-order valence-corrected chi connectivity index (χ3v) is 5.21. The smallest absolute Gasteiger partial charge is 0.278 e. The second-order valence-corrected chi connectivity index (χ2v) is 6.98. The summed E-state index contributed by atoms with van der Waals surface area (Å²) in [5.41, 5.74) is 1.27. The van der Waals surface area contributed by atoms with Gasteiger partial charge in [0.15, 0.2) is 11.5 Å². The lowest BCUT2D eigenvalue weighted by Crippen LogP contribution is -2.33. The van der Waals surface area contributed by atoms with Crippen LogP contribution in [0.4, 0.5) is 5.69 Å². The number of ether oxygens (including phenoxy) is 3. The van der Waals surface area contributed by atoms with Gasteiger partial charge >= 0.3 is 0 Å². The lowest BCUT2D eigenvalue weighted by molar-refractivity contribution is -0.136. The Morgan fingerprint density at radius 2 is 1.82 bits per heavy atom. The van der Waals surface area contributed by atoms with Crippen LogP contribution in [0.5, 0.6) is 11.5 Å². The highest BCUT2D eigenvalue weighted by atomic mass is 32.1. The van der Waals surface area contributed by atoms with E-state index in [4.69, 9.17) is 14.2 Å². The van der Waals surface area contributed by atoms with Crippen molar-refractivity contribution in [2.24, 2.45) is 0 Å². The summed E-state index contributed by atoms with van der Waals surface area (Å²) >= 11 is 1.42. The van der Waals surface area contributed by atoms with E-state index < -0.39 is 0 Å². The summed E-state index contributed by atoms with van der Waals surface area (Å²) in [7, 11) is 4.69. The number of amides is 2. The van der Waals surface area contributed by atoms with Crippen LogP contribution in [0.15, 0.2) is 41.4 Å². The van der Waals surface area contributed by atoms with Crippen molar-refractivity contribution in [3.05, 3.63) is 46.3 Å². The third-order valence-electron chi connectivity index (χ3n) is 4.32. The van der Waals surface area contributed by atoms with Crippen LogP contribution in [-0.4, -0.2) is 51.2 Å². The molecule has 1 N–H and O–H groups in total. The molecule has 3 rings (SSSR count). The number of imide groups is 1. The molecule has 0 aliphatic carbocycles. The molecule has 0 saturated heterocycles. The van der Waals surface area contributed by atoms with Gasteiger partial charge in [0.1, 0.15) is 5.70 Å². The van der Waals surface area contributed by atoms with Crippen LogP contribution in [0.1, 0.15) is 11.3 Å². The molecule has 0 saturated carbocycles. The molecule has 0 spiro atoms. The number of thiophene rings is 1. The Morgan fingerprint density at radius 1 is 1.04 bits per heavy atom. The summed E-state index contributed by atoms with van der Waals surface area (Å²) in [6.07, 6.45) is 0.579. The van der Waals surface area contributed by atoms with Gasteiger partial charge in [-0.25, -0.2) is 0 Å². The number of anilines is 1. The van der Waals surface area contributed by atoms with Gasteiger partial charge in [-0.3, -0.25) is 14.5 Å². The number of hydrogen-bond donors (Lipinski definition) is 1. The van der Waals surface area contributed by atoms with Crippen molar-refractivity contribution in [3.63, 3.8) is 0 Å². The summed E-state index contributed by atoms with van der Waals surface area (Å²) in [5, 5.41) is 4.99. The van der Waals surface area contributed by atoms with Crippen LogP contribution in [0.2, 0.25) is 0 Å². The number of benzene rings is 1. The van der Waals surface area contributed by atoms with Crippen molar-refractivity contribution >= 4 is 34.4 Å². The van der Waals surface area contributed by atoms with Crippen molar-refractivity contribution in [2.45, 2.75) is 6.42 Å². The minimum absolute atomic E-state index is 0.261. The molecule has 1 aliphatic rings. The van der Waals surface area contributed by atoms with Crippen molar-refractivity contribution in [3.8, 4) is 11.5 Å². The number of carbonyl (C=O) groups is 2. The van der Waals surface area contributed by atoms with E-state index in [2.05, 4.69) is 5.32 Å². The van der Waals surface area contributed by atoms with Crippen LogP contribution in [0.3, 0.4) is 0 Å². The van der Waals surface area contributed by atoms with Crippen molar-refractivity contribution in [2.75, 3.05) is 39.8 Å². The van der Waals surface area contributed by atoms with Gasteiger partial charge in [-0.05, 0) is 30.0 Å². The predicted molar refractivity (Wildman–Crippen MR) is 108 cm³/mol. The molecule has 0 atom stereocenters. The zero-order valence-electron chi connectivity index (χ0n) is 16.0. The lowest BCUT2D eigenvalue weighted by atomic mass is 10.2. The van der Waals surface area contributed by atoms with E-state index in [0.717, 1.165) is 4.88 Å². The molecule has 1 aromatic heterocycles. The van der Waals surface area contributed by atoms with Gasteiger partial charge in [0, 0.05) is 36.9 Å². The van der Waals surface area contributed by atoms with Gasteiger partial charge in [-0.1, -0.05) is 6.07 Å². The molecular formula is C20H22N2O5S. The van der Waals surface area contributed by atoms with E-state index in [1.807, 2.05) is 17.5 Å². The number of methoxy groups -OCH3 is 3. The topological polar surface area (TPSA) is 77.1 Å². The van der Waals surface area contributed by atoms with Crippen LogP contribution in [0, 0.1) is 0 Å². The molecule has 2 amide bonds. The van der Waals surface area contributed by atoms with E-state index in [-0.39, 0.29) is 17.5 Å². The zero-order chi connectivity index (χ0) is 20.1. The fourth-order valence-electron chi connectivity index (χ4n) is 2.97. The Kier molecular flexibility index (Phi) is 6.33. The maximum Gasteiger partial charge on any atom is 0.278 e. The molecule has 0 bridgehead atoms. The second kappa shape index (κ2) is 8.90. The predicted octanol–water partition coefficient (Wildman–Crippen LogP) is 2.99. The average Bonchev–Trinajstić information content (AvgIpc) is 3.30. The maximum absolute atomic E-state index is 13.0. The SMILES string of the molecule is COCCCN1C(=O)C(Nc2ccc(OC)c(OC)c2)=C(c2cccs2)C1=O. The Bertz CT molecular complexity index is 892. The summed E-state index contributed by atoms with van der Waals surface area (Å²) in [6.45, 7) is 0.779. The summed E-state index contributed by atoms with van der Waals surface area (Å²) in [6, 6.07) is 8.92. The van der Waals surface area contributed by atoms with E-state index in [9.17, 15) is 9.59 Å². The number of hydrogen-bond acceptors (Lipinski definition) is 7. The molecule has 0 fully saturated rings. The maximum atomic E-state index is 13.0. The lowest BCUT2D eigenvalue weighted by Gasteiger charge is -2.15. The molecular weight excluding hydrogens is 380 g/mol. The number of rotatable bonds is 9. The fraction of sp³-hybridized carbons (Fsp3) is 0.300. The standard InChI is InChI=1S/C20H22N2O5S/c1-25-10-5-9-22-19(23)17(16-6-4-11-28-16)18(20(22)24)21-13-7-8-14(26-2)15(12-13)27-3/h4,6-8,11-12,21H,5,9-10H2,1-3H3. The molecule has 28 heavy (non-hydrogen) atoms. The normalized spacial score (nSPS) is 14.0. The van der Waals surface area contributed by atoms with Gasteiger partial charge in [0.05, 0.1) is 19.8 Å². The zero-order valence-corrected chi connectivity index (χ0v) is 16.8. The Morgan fingerprint density at radius 3 is 2.46 bits per heavy atom. The van der Waals surface area contributed by atoms with Crippen molar-refractivity contribution in [1.29, 1.82) is 0 Å². The summed E-state index contributed by atoms with van der Waals surface area (Å²) < 4.78 is 15.6. The molecule has 8 heteroatoms. The molecule has 1 aromatic carbocycles. The first-order valence-electron chi connectivity index (χ1n) is 8.73. The molecule has 7 nitrogen and oxygen atoms in total. The fourth-order valence-corrected chi connectivity index (χ4v) is 3.74. The molecule has 2 heterocycles. The Balaban J connectivity index is 1.95. The molecule has 148 valence electrons. The summed E-state index contributed by atoms with van der Waals surface area (Å²) in [4.78, 5) is 28.0. The van der Waals surface area contributed by atoms with E-state index in [0.29, 0.717) is 42.3 Å². The number of carbonyl (C=O) groups excluding carboxylic acids is 2. The number of nitrogens with zero attached hydrogens (tertiary/aromatic N) is 1. The van der Waals surface area contributed by atoms with E-state index >= 15 is 0 Å².